The Morgan fingerprint density at radius 3 is 2.58 bits per heavy atom. The van der Waals surface area contributed by atoms with E-state index in [4.69, 9.17) is 32.7 Å². The van der Waals surface area contributed by atoms with Crippen LogP contribution in [0, 0.1) is 5.41 Å². The van der Waals surface area contributed by atoms with Crippen molar-refractivity contribution in [1.82, 2.24) is 4.90 Å². The van der Waals surface area contributed by atoms with Crippen LogP contribution >= 0.6 is 23.2 Å². The highest BCUT2D eigenvalue weighted by Crippen LogP contribution is 2.64. The minimum atomic E-state index is -0.888. The zero-order chi connectivity index (χ0) is 16.9. The van der Waals surface area contributed by atoms with Gasteiger partial charge in [-0.2, -0.15) is 0 Å². The summed E-state index contributed by atoms with van der Waals surface area (Å²) in [6.07, 6.45) is 0.548. The van der Waals surface area contributed by atoms with Gasteiger partial charge in [-0.15, -0.1) is 23.2 Å². The summed E-state index contributed by atoms with van der Waals surface area (Å²) in [5.41, 5.74) is 0.619. The first-order chi connectivity index (χ1) is 11.4. The van der Waals surface area contributed by atoms with Crippen LogP contribution < -0.4 is 14.4 Å². The van der Waals surface area contributed by atoms with Crippen LogP contribution in [0.5, 0.6) is 11.5 Å². The lowest BCUT2D eigenvalue weighted by atomic mass is 10.1. The summed E-state index contributed by atoms with van der Waals surface area (Å²) in [5.74, 6) is 1.73. The van der Waals surface area contributed by atoms with E-state index in [0.717, 1.165) is 44.2 Å². The van der Waals surface area contributed by atoms with E-state index in [-0.39, 0.29) is 5.91 Å². The molecular formula is C17H21Cl2N2O3+. The van der Waals surface area contributed by atoms with Crippen molar-refractivity contribution in [3.63, 3.8) is 0 Å². The molecule has 0 aromatic heterocycles. The van der Waals surface area contributed by atoms with Gasteiger partial charge in [-0.25, -0.2) is 0 Å². The standard InChI is InChI=1S/C17H20Cl2N2O3/c1-16(10-17(16,18)19)15(22)21-6-4-20(5-7-21)9-12-2-3-13-14(8-12)24-11-23-13/h2-3,8H,4-7,9-11H2,1H3/p+1/t16-/m0/s1. The summed E-state index contributed by atoms with van der Waals surface area (Å²) in [6, 6.07) is 6.09. The summed E-state index contributed by atoms with van der Waals surface area (Å²) >= 11 is 12.3. The normalized spacial score (nSPS) is 28.0. The SMILES string of the molecule is C[C@@]1(C(=O)N2CC[NH+](Cc3ccc4c(c3)OCO4)CC2)CC1(Cl)Cl. The van der Waals surface area contributed by atoms with Gasteiger partial charge in [-0.3, -0.25) is 4.79 Å². The average molecular weight is 372 g/mol. The van der Waals surface area contributed by atoms with Crippen molar-refractivity contribution in [3.8, 4) is 11.5 Å². The second kappa shape index (κ2) is 5.68. The number of rotatable bonds is 3. The van der Waals surface area contributed by atoms with Crippen molar-refractivity contribution in [2.24, 2.45) is 5.41 Å². The number of quaternary nitrogens is 1. The van der Waals surface area contributed by atoms with Crippen molar-refractivity contribution in [2.75, 3.05) is 33.0 Å². The van der Waals surface area contributed by atoms with Crippen LogP contribution in [-0.4, -0.2) is 48.1 Å². The monoisotopic (exact) mass is 371 g/mol. The third-order valence-electron chi connectivity index (χ3n) is 5.38. The van der Waals surface area contributed by atoms with Crippen molar-refractivity contribution >= 4 is 29.1 Å². The molecule has 0 radical (unpaired) electrons. The Bertz CT molecular complexity index is 674. The van der Waals surface area contributed by atoms with E-state index in [9.17, 15) is 4.79 Å². The Kier molecular flexibility index (Phi) is 3.86. The maximum atomic E-state index is 12.6. The van der Waals surface area contributed by atoms with Gasteiger partial charge < -0.3 is 19.3 Å². The number of ether oxygens (including phenoxy) is 2. The maximum Gasteiger partial charge on any atom is 0.232 e. The first-order valence-electron chi connectivity index (χ1n) is 8.28. The number of alkyl halides is 2. The fourth-order valence-corrected chi connectivity index (χ4v) is 4.22. The van der Waals surface area contributed by atoms with Gasteiger partial charge in [0.15, 0.2) is 11.5 Å². The molecule has 1 saturated carbocycles. The molecule has 2 fully saturated rings. The molecule has 1 atom stereocenters. The first-order valence-corrected chi connectivity index (χ1v) is 9.04. The number of nitrogens with zero attached hydrogens (tertiary/aromatic N) is 1. The molecule has 24 heavy (non-hydrogen) atoms. The largest absolute Gasteiger partial charge is 0.454 e. The number of amides is 1. The predicted octanol–water partition coefficient (Wildman–Crippen LogP) is 1.23. The minimum Gasteiger partial charge on any atom is -0.454 e. The van der Waals surface area contributed by atoms with Crippen molar-refractivity contribution in [2.45, 2.75) is 24.2 Å². The van der Waals surface area contributed by atoms with Crippen LogP contribution in [0.15, 0.2) is 18.2 Å². The Morgan fingerprint density at radius 2 is 1.92 bits per heavy atom. The van der Waals surface area contributed by atoms with E-state index in [1.807, 2.05) is 24.0 Å². The molecule has 1 aromatic carbocycles. The van der Waals surface area contributed by atoms with Gasteiger partial charge in [-0.05, 0) is 31.5 Å². The number of carbonyl (C=O) groups is 1. The Morgan fingerprint density at radius 1 is 1.25 bits per heavy atom. The fourth-order valence-electron chi connectivity index (χ4n) is 3.52. The highest BCUT2D eigenvalue weighted by atomic mass is 35.5. The predicted molar refractivity (Wildman–Crippen MR) is 90.7 cm³/mol. The maximum absolute atomic E-state index is 12.6. The summed E-state index contributed by atoms with van der Waals surface area (Å²) in [6.45, 7) is 6.43. The molecule has 0 unspecified atom stereocenters. The molecule has 130 valence electrons. The summed E-state index contributed by atoms with van der Waals surface area (Å²) in [5, 5.41) is 0. The lowest BCUT2D eigenvalue weighted by Gasteiger charge is -2.34. The molecule has 1 aliphatic carbocycles. The molecule has 7 heteroatoms. The lowest BCUT2D eigenvalue weighted by molar-refractivity contribution is -0.917. The van der Waals surface area contributed by atoms with Gasteiger partial charge in [0.2, 0.25) is 12.7 Å². The second-order valence-corrected chi connectivity index (χ2v) is 8.60. The molecule has 2 heterocycles. The Balaban J connectivity index is 1.33. The number of benzene rings is 1. The molecule has 3 aliphatic rings. The van der Waals surface area contributed by atoms with E-state index < -0.39 is 9.75 Å². The molecule has 1 aromatic rings. The highest BCUT2D eigenvalue weighted by Gasteiger charge is 2.68. The number of fused-ring (bicyclic) bond motifs is 1. The fraction of sp³-hybridized carbons (Fsp3) is 0.588. The molecule has 1 saturated heterocycles. The molecule has 1 N–H and O–H groups in total. The minimum absolute atomic E-state index is 0.0922. The molecule has 0 bridgehead atoms. The molecule has 4 rings (SSSR count). The number of hydrogen-bond donors (Lipinski definition) is 1. The molecular weight excluding hydrogens is 351 g/mol. The van der Waals surface area contributed by atoms with Crippen molar-refractivity contribution < 1.29 is 19.2 Å². The van der Waals surface area contributed by atoms with Crippen LogP contribution in [0.3, 0.4) is 0 Å². The number of piperazine rings is 1. The molecule has 1 amide bonds. The number of carbonyl (C=O) groups excluding carboxylic acids is 1. The number of halogens is 2. The smallest absolute Gasteiger partial charge is 0.232 e. The van der Waals surface area contributed by atoms with Gasteiger partial charge >= 0.3 is 0 Å². The topological polar surface area (TPSA) is 43.2 Å². The Hall–Kier alpha value is -1.17. The van der Waals surface area contributed by atoms with Gasteiger partial charge in [0, 0.05) is 5.56 Å². The van der Waals surface area contributed by atoms with Gasteiger partial charge in [0.1, 0.15) is 10.9 Å². The first kappa shape index (κ1) is 16.3. The highest BCUT2D eigenvalue weighted by molar-refractivity contribution is 6.53. The van der Waals surface area contributed by atoms with E-state index in [0.29, 0.717) is 13.2 Å². The van der Waals surface area contributed by atoms with E-state index in [2.05, 4.69) is 6.07 Å². The summed E-state index contributed by atoms with van der Waals surface area (Å²) in [7, 11) is 0. The quantitative estimate of drug-likeness (QED) is 0.812. The van der Waals surface area contributed by atoms with Gasteiger partial charge in [-0.1, -0.05) is 0 Å². The van der Waals surface area contributed by atoms with Gasteiger partial charge in [0.05, 0.1) is 31.6 Å². The van der Waals surface area contributed by atoms with E-state index in [1.54, 1.807) is 0 Å². The van der Waals surface area contributed by atoms with Crippen LogP contribution in [0.4, 0.5) is 0 Å². The van der Waals surface area contributed by atoms with E-state index in [1.165, 1.54) is 10.5 Å². The van der Waals surface area contributed by atoms with Crippen LogP contribution in [0.1, 0.15) is 18.9 Å². The third-order valence-corrected chi connectivity index (χ3v) is 6.48. The third kappa shape index (κ3) is 2.72. The molecule has 5 nitrogen and oxygen atoms in total. The van der Waals surface area contributed by atoms with Crippen LogP contribution in [0.25, 0.3) is 0 Å². The van der Waals surface area contributed by atoms with Crippen LogP contribution in [-0.2, 0) is 11.3 Å². The number of hydrogen-bond acceptors (Lipinski definition) is 3. The van der Waals surface area contributed by atoms with E-state index >= 15 is 0 Å². The van der Waals surface area contributed by atoms with Gasteiger partial charge in [0.25, 0.3) is 0 Å². The van der Waals surface area contributed by atoms with Crippen LogP contribution in [0.2, 0.25) is 0 Å². The summed E-state index contributed by atoms with van der Waals surface area (Å²) in [4.78, 5) is 16.0. The van der Waals surface area contributed by atoms with Crippen molar-refractivity contribution in [3.05, 3.63) is 23.8 Å². The molecule has 2 aliphatic heterocycles. The number of nitrogens with one attached hydrogen (secondary N) is 1. The average Bonchev–Trinajstić information content (AvgIpc) is 2.89. The zero-order valence-corrected chi connectivity index (χ0v) is 15.1. The van der Waals surface area contributed by atoms with Crippen molar-refractivity contribution in [1.29, 1.82) is 0 Å². The Labute approximate surface area is 151 Å². The zero-order valence-electron chi connectivity index (χ0n) is 13.6. The lowest BCUT2D eigenvalue weighted by Crippen LogP contribution is -3.13. The second-order valence-electron chi connectivity index (χ2n) is 7.12. The summed E-state index contributed by atoms with van der Waals surface area (Å²) < 4.78 is 9.89. The molecule has 0 spiro atoms.